The molecule has 0 bridgehead atoms. The summed E-state index contributed by atoms with van der Waals surface area (Å²) in [5.74, 6) is 2.24. The second kappa shape index (κ2) is 15.0. The van der Waals surface area contributed by atoms with Crippen LogP contribution in [0.3, 0.4) is 0 Å². The van der Waals surface area contributed by atoms with E-state index in [0.717, 1.165) is 111 Å². The number of benzene rings is 12. The maximum Gasteiger partial charge on any atom is 0.227 e. The van der Waals surface area contributed by atoms with Gasteiger partial charge in [0.25, 0.3) is 0 Å². The van der Waals surface area contributed by atoms with Gasteiger partial charge in [-0.05, 0) is 128 Å². The molecule has 15 aromatic rings. The zero-order valence-electron chi connectivity index (χ0n) is 37.6. The smallest absolute Gasteiger partial charge is 0.227 e. The molecule has 0 atom stereocenters. The zero-order chi connectivity index (χ0) is 45.9. The molecule has 0 spiro atoms. The van der Waals surface area contributed by atoms with Crippen molar-refractivity contribution in [3.63, 3.8) is 0 Å². The Morgan fingerprint density at radius 1 is 0.257 bits per heavy atom. The van der Waals surface area contributed by atoms with Crippen LogP contribution in [0.25, 0.3) is 132 Å². The lowest BCUT2D eigenvalue weighted by atomic mass is 9.98. The van der Waals surface area contributed by atoms with E-state index in [9.17, 15) is 0 Å². The molecule has 0 amide bonds. The van der Waals surface area contributed by atoms with E-state index < -0.39 is 0 Å². The van der Waals surface area contributed by atoms with Gasteiger partial charge in [-0.1, -0.05) is 146 Å². The molecule has 0 saturated heterocycles. The molecule has 0 N–H and O–H groups in total. The van der Waals surface area contributed by atoms with Crippen LogP contribution in [0.5, 0.6) is 0 Å². The topological polar surface area (TPSA) is 55.6 Å². The molecule has 0 aliphatic rings. The van der Waals surface area contributed by atoms with Crippen LogP contribution >= 0.6 is 0 Å². The summed E-state index contributed by atoms with van der Waals surface area (Å²) in [6.07, 6.45) is 0. The number of fused-ring (bicyclic) bond motifs is 18. The summed E-state index contributed by atoms with van der Waals surface area (Å²) in [6.45, 7) is 0. The molecule has 3 aromatic heterocycles. The molecule has 0 radical (unpaired) electrons. The van der Waals surface area contributed by atoms with Crippen LogP contribution in [0.2, 0.25) is 0 Å². The van der Waals surface area contributed by atoms with E-state index in [1.165, 1.54) is 32.3 Å². The van der Waals surface area contributed by atoms with Crippen molar-refractivity contribution >= 4 is 115 Å². The van der Waals surface area contributed by atoms with Gasteiger partial charge in [0.1, 0.15) is 28.2 Å². The van der Waals surface area contributed by atoms with Crippen molar-refractivity contribution in [3.05, 3.63) is 231 Å². The highest BCUT2D eigenvalue weighted by atomic mass is 16.4. The minimum absolute atomic E-state index is 0.584. The average Bonchev–Trinajstić information content (AvgIpc) is 4.22. The monoisotopic (exact) mass is 894 g/mol. The second-order valence-electron chi connectivity index (χ2n) is 18.2. The Labute approximate surface area is 400 Å². The fourth-order valence-corrected chi connectivity index (χ4v) is 11.0. The van der Waals surface area contributed by atoms with Gasteiger partial charge in [-0.3, -0.25) is 0 Å². The molecule has 0 saturated carbocycles. The highest BCUT2D eigenvalue weighted by Gasteiger charge is 2.21. The van der Waals surface area contributed by atoms with Gasteiger partial charge in [0.05, 0.1) is 0 Å². The van der Waals surface area contributed by atoms with Crippen molar-refractivity contribution in [3.8, 4) is 34.1 Å². The Kier molecular flexibility index (Phi) is 8.29. The number of furan rings is 2. The van der Waals surface area contributed by atoms with E-state index in [-0.39, 0.29) is 0 Å². The fourth-order valence-electron chi connectivity index (χ4n) is 11.0. The standard InChI is InChI=1S/C65H38N2O3/c1-3-19-51-45(13-1)48-16-6-10-22-54(48)62-57(51)37-59(68-62)39-25-31-42(32-26-39)67(43-33-27-40(28-34-43)60-38-58-52-20-4-2-14-46(52)49-17-7-11-23-55(49)63(58)69-60)44-35-29-41(30-36-44)65-66-61-53-21-9-5-15-47(53)50-18-8-12-24-56(50)64(61)70-65/h1-38H. The highest BCUT2D eigenvalue weighted by Crippen LogP contribution is 2.44. The summed E-state index contributed by atoms with van der Waals surface area (Å²) < 4.78 is 20.2. The molecule has 0 aliphatic heterocycles. The van der Waals surface area contributed by atoms with Crippen LogP contribution in [-0.4, -0.2) is 4.98 Å². The van der Waals surface area contributed by atoms with Crippen LogP contribution in [0, 0.1) is 0 Å². The third kappa shape index (κ3) is 5.82. The van der Waals surface area contributed by atoms with Crippen LogP contribution in [0.1, 0.15) is 0 Å². The van der Waals surface area contributed by atoms with Crippen molar-refractivity contribution < 1.29 is 13.3 Å². The van der Waals surface area contributed by atoms with Gasteiger partial charge in [-0.2, -0.15) is 0 Å². The van der Waals surface area contributed by atoms with E-state index in [1.807, 2.05) is 0 Å². The molecule has 5 nitrogen and oxygen atoms in total. The first-order chi connectivity index (χ1) is 34.7. The SMILES string of the molecule is c1ccc2c(c1)c1ccccc1c1oc(-c3ccc(N(c4ccc(-c5cc6c7ccccc7c7ccccc7c6o5)cc4)c4ccc(-c5nc6c7ccccc7c7ccccc7c6o5)cc4)cc3)cc21. The maximum absolute atomic E-state index is 6.76. The Balaban J connectivity index is 0.840. The number of hydrogen-bond acceptors (Lipinski definition) is 5. The molecule has 0 unspecified atom stereocenters. The van der Waals surface area contributed by atoms with Crippen LogP contribution < -0.4 is 4.90 Å². The number of hydrogen-bond donors (Lipinski definition) is 0. The van der Waals surface area contributed by atoms with E-state index in [0.29, 0.717) is 5.89 Å². The van der Waals surface area contributed by atoms with Gasteiger partial charge in [-0.15, -0.1) is 0 Å². The van der Waals surface area contributed by atoms with Gasteiger partial charge < -0.3 is 18.2 Å². The first kappa shape index (κ1) is 38.6. The molecule has 70 heavy (non-hydrogen) atoms. The molecule has 0 fully saturated rings. The number of rotatable bonds is 6. The number of anilines is 3. The molecule has 12 aromatic carbocycles. The normalized spacial score (nSPS) is 12.0. The minimum atomic E-state index is 0.584. The summed E-state index contributed by atoms with van der Waals surface area (Å²) in [7, 11) is 0. The minimum Gasteiger partial charge on any atom is -0.455 e. The Morgan fingerprint density at radius 3 is 0.957 bits per heavy atom. The van der Waals surface area contributed by atoms with Crippen molar-refractivity contribution in [2.45, 2.75) is 0 Å². The van der Waals surface area contributed by atoms with Gasteiger partial charge in [0.2, 0.25) is 5.89 Å². The predicted octanol–water partition coefficient (Wildman–Crippen LogP) is 18.7. The van der Waals surface area contributed by atoms with Gasteiger partial charge in [-0.25, -0.2) is 4.98 Å². The Bertz CT molecular complexity index is 3890. The van der Waals surface area contributed by atoms with E-state index in [4.69, 9.17) is 18.2 Å². The average molecular weight is 895 g/mol. The lowest BCUT2D eigenvalue weighted by Crippen LogP contribution is -2.09. The largest absolute Gasteiger partial charge is 0.455 e. The quantitative estimate of drug-likeness (QED) is 0.156. The molecule has 5 heteroatoms. The van der Waals surface area contributed by atoms with Crippen molar-refractivity contribution in [1.82, 2.24) is 4.98 Å². The zero-order valence-corrected chi connectivity index (χ0v) is 37.6. The Morgan fingerprint density at radius 2 is 0.557 bits per heavy atom. The fraction of sp³-hybridized carbons (Fsp3) is 0. The summed E-state index contributed by atoms with van der Waals surface area (Å²) in [6, 6.07) is 81.2. The second-order valence-corrected chi connectivity index (χ2v) is 18.2. The molecular formula is C65H38N2O3. The van der Waals surface area contributed by atoms with E-state index in [2.05, 4.69) is 235 Å². The third-order valence-corrected chi connectivity index (χ3v) is 14.3. The first-order valence-corrected chi connectivity index (χ1v) is 23.7. The number of oxazole rings is 1. The number of aromatic nitrogens is 1. The summed E-state index contributed by atoms with van der Waals surface area (Å²) in [5, 5.41) is 16.1. The Hall–Kier alpha value is -9.45. The van der Waals surface area contributed by atoms with Crippen LogP contribution in [-0.2, 0) is 0 Å². The van der Waals surface area contributed by atoms with Gasteiger partial charge in [0.15, 0.2) is 5.58 Å². The van der Waals surface area contributed by atoms with Crippen LogP contribution in [0.4, 0.5) is 17.1 Å². The maximum atomic E-state index is 6.76. The molecule has 15 rings (SSSR count). The highest BCUT2D eigenvalue weighted by molar-refractivity contribution is 6.26. The first-order valence-electron chi connectivity index (χ1n) is 23.7. The van der Waals surface area contributed by atoms with Gasteiger partial charge in [0, 0.05) is 66.1 Å². The van der Waals surface area contributed by atoms with E-state index >= 15 is 0 Å². The molecule has 326 valence electrons. The predicted molar refractivity (Wildman–Crippen MR) is 290 cm³/mol. The van der Waals surface area contributed by atoms with E-state index in [1.54, 1.807) is 0 Å². The van der Waals surface area contributed by atoms with Crippen molar-refractivity contribution in [2.24, 2.45) is 0 Å². The molecule has 0 aliphatic carbocycles. The molecular weight excluding hydrogens is 857 g/mol. The van der Waals surface area contributed by atoms with Crippen molar-refractivity contribution in [1.29, 1.82) is 0 Å². The number of nitrogens with zero attached hydrogens (tertiary/aromatic N) is 2. The third-order valence-electron chi connectivity index (χ3n) is 14.3. The lowest BCUT2D eigenvalue weighted by molar-refractivity contribution is 0.623. The van der Waals surface area contributed by atoms with Gasteiger partial charge >= 0.3 is 0 Å². The summed E-state index contributed by atoms with van der Waals surface area (Å²) in [5.41, 5.74) is 9.35. The lowest BCUT2D eigenvalue weighted by Gasteiger charge is -2.26. The summed E-state index contributed by atoms with van der Waals surface area (Å²) in [4.78, 5) is 7.41. The summed E-state index contributed by atoms with van der Waals surface area (Å²) >= 11 is 0. The molecule has 3 heterocycles. The van der Waals surface area contributed by atoms with Crippen LogP contribution in [0.15, 0.2) is 244 Å². The van der Waals surface area contributed by atoms with Crippen molar-refractivity contribution in [2.75, 3.05) is 4.90 Å².